The van der Waals surface area contributed by atoms with Crippen LogP contribution in [0.5, 0.6) is 0 Å². The van der Waals surface area contributed by atoms with Gasteiger partial charge in [-0.1, -0.05) is 24.8 Å². The van der Waals surface area contributed by atoms with Gasteiger partial charge in [0.05, 0.1) is 16.3 Å². The van der Waals surface area contributed by atoms with Gasteiger partial charge >= 0.3 is 0 Å². The fourth-order valence-electron chi connectivity index (χ4n) is 2.67. The third kappa shape index (κ3) is 2.74. The van der Waals surface area contributed by atoms with Crippen LogP contribution < -0.4 is 16.1 Å². The highest BCUT2D eigenvalue weighted by Gasteiger charge is 2.14. The number of H-pyrrole nitrogens is 2. The van der Waals surface area contributed by atoms with Crippen LogP contribution in [0, 0.1) is 6.92 Å². The van der Waals surface area contributed by atoms with Crippen molar-refractivity contribution in [2.75, 3.05) is 0 Å². The van der Waals surface area contributed by atoms with Crippen molar-refractivity contribution in [3.05, 3.63) is 80.9 Å². The monoisotopic (exact) mass is 332 g/mol. The van der Waals surface area contributed by atoms with Crippen LogP contribution in [-0.4, -0.2) is 20.0 Å². The van der Waals surface area contributed by atoms with E-state index >= 15 is 0 Å². The van der Waals surface area contributed by atoms with Crippen LogP contribution in [0.15, 0.2) is 57.9 Å². The summed E-state index contributed by atoms with van der Waals surface area (Å²) in [6, 6.07) is 13.5. The lowest BCUT2D eigenvalue weighted by Gasteiger charge is -1.98. The van der Waals surface area contributed by atoms with Gasteiger partial charge in [-0.15, -0.1) is 0 Å². The molecule has 1 aromatic carbocycles. The summed E-state index contributed by atoms with van der Waals surface area (Å²) in [7, 11) is 0. The molecule has 4 aromatic rings. The number of para-hydroxylation sites is 1. The summed E-state index contributed by atoms with van der Waals surface area (Å²) in [5.74, 6) is 1.45. The number of benzene rings is 1. The molecule has 0 spiro atoms. The van der Waals surface area contributed by atoms with Gasteiger partial charge < -0.3 is 4.42 Å². The molecule has 124 valence electrons. The van der Waals surface area contributed by atoms with Crippen molar-refractivity contribution >= 4 is 12.7 Å². The summed E-state index contributed by atoms with van der Waals surface area (Å²) in [6.07, 6.45) is 3.63. The topological polar surface area (TPSA) is 79.6 Å². The van der Waals surface area contributed by atoms with Gasteiger partial charge in [0, 0.05) is 11.8 Å². The molecule has 0 aliphatic carbocycles. The first-order chi connectivity index (χ1) is 12.1. The van der Waals surface area contributed by atoms with Crippen molar-refractivity contribution in [2.24, 2.45) is 0 Å². The minimum atomic E-state index is -0.223. The molecule has 6 heteroatoms. The number of hydrogen-bond donors (Lipinski definition) is 2. The van der Waals surface area contributed by atoms with Gasteiger partial charge in [-0.2, -0.15) is 5.10 Å². The van der Waals surface area contributed by atoms with E-state index in [1.54, 1.807) is 10.8 Å². The van der Waals surface area contributed by atoms with Crippen LogP contribution in [0.3, 0.4) is 0 Å². The van der Waals surface area contributed by atoms with E-state index in [4.69, 9.17) is 4.42 Å². The zero-order chi connectivity index (χ0) is 17.4. The molecule has 0 saturated heterocycles. The zero-order valence-electron chi connectivity index (χ0n) is 13.6. The summed E-state index contributed by atoms with van der Waals surface area (Å²) in [6.45, 7) is 5.72. The highest BCUT2D eigenvalue weighted by Crippen LogP contribution is 2.26. The first kappa shape index (κ1) is 15.0. The quantitative estimate of drug-likeness (QED) is 0.599. The normalized spacial score (nSPS) is 12.0. The van der Waals surface area contributed by atoms with E-state index in [0.29, 0.717) is 22.0 Å². The maximum Gasteiger partial charge on any atom is 0.271 e. The Hall–Kier alpha value is -3.54. The summed E-state index contributed by atoms with van der Waals surface area (Å²) in [5.41, 5.74) is 2.13. The molecule has 6 nitrogen and oxygen atoms in total. The average molecular weight is 332 g/mol. The van der Waals surface area contributed by atoms with Crippen molar-refractivity contribution in [3.63, 3.8) is 0 Å². The number of nitrogens with one attached hydrogen (secondary N) is 2. The van der Waals surface area contributed by atoms with E-state index in [2.05, 4.69) is 21.9 Å². The Bertz CT molecular complexity index is 1160. The third-order valence-corrected chi connectivity index (χ3v) is 3.93. The smallest absolute Gasteiger partial charge is 0.271 e. The summed E-state index contributed by atoms with van der Waals surface area (Å²) >= 11 is 0. The second kappa shape index (κ2) is 5.83. The lowest BCUT2D eigenvalue weighted by molar-refractivity contribution is 0.545. The SMILES string of the molecule is C=c1[nH][nH]c(=O)/c1=C\c1cn(-c2ccccc2)nc1-c1ccc(C)o1. The standard InChI is InChI=1S/C19H16N4O2/c1-12-8-9-17(25-12)18-14(10-16-13(2)20-21-19(16)24)11-23(22-18)15-6-4-3-5-7-15/h3-11,20H,2H2,1H3,(H,21,24)/b16-10-. The molecule has 0 radical (unpaired) electrons. The van der Waals surface area contributed by atoms with E-state index in [1.807, 2.05) is 55.6 Å². The van der Waals surface area contributed by atoms with E-state index < -0.39 is 0 Å². The first-order valence-electron chi connectivity index (χ1n) is 7.81. The number of nitrogens with zero attached hydrogens (tertiary/aromatic N) is 2. The number of hydrogen-bond acceptors (Lipinski definition) is 3. The molecule has 0 saturated carbocycles. The highest BCUT2D eigenvalue weighted by atomic mass is 16.3. The van der Waals surface area contributed by atoms with E-state index in [0.717, 1.165) is 17.0 Å². The zero-order valence-corrected chi connectivity index (χ0v) is 13.6. The Balaban J connectivity index is 1.96. The Morgan fingerprint density at radius 3 is 2.60 bits per heavy atom. The Kier molecular flexibility index (Phi) is 3.50. The van der Waals surface area contributed by atoms with Crippen molar-refractivity contribution in [1.29, 1.82) is 0 Å². The third-order valence-electron chi connectivity index (χ3n) is 3.93. The molecule has 0 atom stereocenters. The lowest BCUT2D eigenvalue weighted by Crippen LogP contribution is -2.32. The molecular weight excluding hydrogens is 316 g/mol. The minimum Gasteiger partial charge on any atom is -0.460 e. The molecule has 0 amide bonds. The van der Waals surface area contributed by atoms with Crippen LogP contribution >= 0.6 is 0 Å². The molecule has 0 fully saturated rings. The summed E-state index contributed by atoms with van der Waals surface area (Å²) in [4.78, 5) is 12.0. The second-order valence-electron chi connectivity index (χ2n) is 5.74. The summed E-state index contributed by atoms with van der Waals surface area (Å²) in [5, 5.41) is 10.9. The fourth-order valence-corrected chi connectivity index (χ4v) is 2.67. The van der Waals surface area contributed by atoms with Crippen molar-refractivity contribution in [3.8, 4) is 17.1 Å². The maximum absolute atomic E-state index is 12.0. The van der Waals surface area contributed by atoms with Crippen molar-refractivity contribution in [2.45, 2.75) is 6.92 Å². The fraction of sp³-hybridized carbons (Fsp3) is 0.0526. The van der Waals surface area contributed by atoms with Gasteiger partial charge in [0.25, 0.3) is 5.56 Å². The average Bonchev–Trinajstić information content (AvgIpc) is 3.31. The van der Waals surface area contributed by atoms with Gasteiger partial charge in [-0.3, -0.25) is 15.0 Å². The molecule has 25 heavy (non-hydrogen) atoms. The Morgan fingerprint density at radius 2 is 1.96 bits per heavy atom. The molecule has 0 aliphatic rings. The Morgan fingerprint density at radius 1 is 1.16 bits per heavy atom. The van der Waals surface area contributed by atoms with Gasteiger partial charge in [0.15, 0.2) is 5.76 Å². The number of aryl methyl sites for hydroxylation is 1. The van der Waals surface area contributed by atoms with Crippen LogP contribution in [0.1, 0.15) is 11.3 Å². The number of furan rings is 1. The number of rotatable bonds is 3. The number of aromatic nitrogens is 4. The molecule has 3 aromatic heterocycles. The van der Waals surface area contributed by atoms with E-state index in [1.165, 1.54) is 0 Å². The van der Waals surface area contributed by atoms with Gasteiger partial charge in [0.1, 0.15) is 11.5 Å². The number of aromatic amines is 2. The van der Waals surface area contributed by atoms with Crippen LogP contribution in [0.4, 0.5) is 0 Å². The highest BCUT2D eigenvalue weighted by molar-refractivity contribution is 5.68. The maximum atomic E-state index is 12.0. The molecule has 0 unspecified atom stereocenters. The first-order valence-corrected chi connectivity index (χ1v) is 7.81. The molecular formula is C19H16N4O2. The largest absolute Gasteiger partial charge is 0.460 e. The predicted molar refractivity (Wildman–Crippen MR) is 95.8 cm³/mol. The molecule has 4 rings (SSSR count). The molecule has 2 N–H and O–H groups in total. The van der Waals surface area contributed by atoms with Crippen LogP contribution in [0.25, 0.3) is 29.8 Å². The van der Waals surface area contributed by atoms with E-state index in [9.17, 15) is 4.79 Å². The van der Waals surface area contributed by atoms with Gasteiger partial charge in [-0.05, 0) is 37.3 Å². The van der Waals surface area contributed by atoms with Crippen molar-refractivity contribution < 1.29 is 4.42 Å². The predicted octanol–water partition coefficient (Wildman–Crippen LogP) is 1.70. The minimum absolute atomic E-state index is 0.223. The van der Waals surface area contributed by atoms with Crippen LogP contribution in [0.2, 0.25) is 0 Å². The van der Waals surface area contributed by atoms with Gasteiger partial charge in [0.2, 0.25) is 0 Å². The summed E-state index contributed by atoms with van der Waals surface area (Å²) < 4.78 is 7.50. The van der Waals surface area contributed by atoms with Crippen LogP contribution in [-0.2, 0) is 0 Å². The molecule has 0 bridgehead atoms. The van der Waals surface area contributed by atoms with Crippen molar-refractivity contribution in [1.82, 2.24) is 20.0 Å². The molecule has 3 heterocycles. The second-order valence-corrected chi connectivity index (χ2v) is 5.74. The van der Waals surface area contributed by atoms with Gasteiger partial charge in [-0.25, -0.2) is 4.68 Å². The Labute approximate surface area is 142 Å². The lowest BCUT2D eigenvalue weighted by atomic mass is 10.2. The van der Waals surface area contributed by atoms with E-state index in [-0.39, 0.29) is 5.56 Å². The molecule has 0 aliphatic heterocycles.